The van der Waals surface area contributed by atoms with Crippen molar-refractivity contribution in [1.82, 2.24) is 16.0 Å². The highest BCUT2D eigenvalue weighted by Crippen LogP contribution is 2.27. The van der Waals surface area contributed by atoms with Crippen LogP contribution in [0.1, 0.15) is 25.3 Å². The van der Waals surface area contributed by atoms with Gasteiger partial charge in [-0.05, 0) is 74.7 Å². The summed E-state index contributed by atoms with van der Waals surface area (Å²) in [6.45, 7) is 4.23. The fourth-order valence-electron chi connectivity index (χ4n) is 4.36. The molecule has 7 nitrogen and oxygen atoms in total. The monoisotopic (exact) mass is 461 g/mol. The van der Waals surface area contributed by atoms with Gasteiger partial charge in [-0.25, -0.2) is 12.8 Å². The minimum Gasteiger partial charge on any atom is -0.491 e. The number of hydrogen-bond acceptors (Lipinski definition) is 6. The summed E-state index contributed by atoms with van der Waals surface area (Å²) in [4.78, 5) is 12.5. The Balaban J connectivity index is 1.37. The Bertz CT molecular complexity index is 1060. The highest BCUT2D eigenvalue weighted by Gasteiger charge is 2.38. The lowest BCUT2D eigenvalue weighted by Gasteiger charge is -2.25. The minimum atomic E-state index is -3.87. The van der Waals surface area contributed by atoms with Gasteiger partial charge in [-0.3, -0.25) is 4.79 Å². The van der Waals surface area contributed by atoms with Gasteiger partial charge in [0, 0.05) is 12.6 Å². The van der Waals surface area contributed by atoms with Crippen LogP contribution in [-0.2, 0) is 21.2 Å². The number of hydrogen-bond donors (Lipinski definition) is 3. The van der Waals surface area contributed by atoms with Crippen LogP contribution in [-0.4, -0.2) is 46.1 Å². The number of benzene rings is 2. The van der Waals surface area contributed by atoms with Crippen LogP contribution in [0.5, 0.6) is 5.75 Å². The molecule has 32 heavy (non-hydrogen) atoms. The topological polar surface area (TPSA) is 96.5 Å². The maximum atomic E-state index is 14.1. The van der Waals surface area contributed by atoms with Crippen LogP contribution in [0.15, 0.2) is 52.3 Å². The molecule has 0 saturated carbocycles. The Kier molecular flexibility index (Phi) is 6.78. The summed E-state index contributed by atoms with van der Waals surface area (Å²) in [7, 11) is -3.87. The molecule has 4 rings (SSSR count). The summed E-state index contributed by atoms with van der Waals surface area (Å²) in [5.74, 6) is -0.259. The second-order valence-corrected chi connectivity index (χ2v) is 10.2. The van der Waals surface area contributed by atoms with E-state index in [-0.39, 0.29) is 34.1 Å². The second-order valence-electron chi connectivity index (χ2n) is 8.20. The molecule has 0 aromatic heterocycles. The normalized spacial score (nSPS) is 22.9. The number of carbonyl (C=O) groups is 1. The summed E-state index contributed by atoms with van der Waals surface area (Å²) in [6.07, 6.45) is 1.85. The molecule has 2 saturated heterocycles. The SMILES string of the molecule is CCOc1ccc(S(=O)(=O)c2ccc(CNC(=O)C3CC4CNCCC4N3)cc2)cc1F. The fourth-order valence-corrected chi connectivity index (χ4v) is 5.63. The molecule has 9 heteroatoms. The molecular formula is C23H28FN3O4S. The van der Waals surface area contributed by atoms with E-state index >= 15 is 0 Å². The first-order valence-corrected chi connectivity index (χ1v) is 12.4. The molecular weight excluding hydrogens is 433 g/mol. The first-order valence-electron chi connectivity index (χ1n) is 10.9. The molecule has 0 bridgehead atoms. The number of sulfone groups is 1. The molecule has 0 spiro atoms. The fraction of sp³-hybridized carbons (Fsp3) is 0.435. The highest BCUT2D eigenvalue weighted by atomic mass is 32.2. The third-order valence-corrected chi connectivity index (χ3v) is 7.86. The number of halogens is 1. The predicted molar refractivity (Wildman–Crippen MR) is 118 cm³/mol. The second kappa shape index (κ2) is 9.56. The van der Waals surface area contributed by atoms with Crippen molar-refractivity contribution in [2.45, 2.75) is 48.2 Å². The summed E-state index contributed by atoms with van der Waals surface area (Å²) >= 11 is 0. The molecule has 0 radical (unpaired) electrons. The van der Waals surface area contributed by atoms with E-state index in [0.29, 0.717) is 18.5 Å². The number of nitrogens with one attached hydrogen (secondary N) is 3. The van der Waals surface area contributed by atoms with Gasteiger partial charge < -0.3 is 20.7 Å². The molecule has 2 aliphatic heterocycles. The number of carbonyl (C=O) groups excluding carboxylic acids is 1. The summed E-state index contributed by atoms with van der Waals surface area (Å²) in [5, 5.41) is 9.72. The first-order chi connectivity index (χ1) is 15.4. The van der Waals surface area contributed by atoms with Gasteiger partial charge in [-0.1, -0.05) is 12.1 Å². The van der Waals surface area contributed by atoms with Crippen molar-refractivity contribution in [1.29, 1.82) is 0 Å². The lowest BCUT2D eigenvalue weighted by atomic mass is 9.94. The van der Waals surface area contributed by atoms with E-state index < -0.39 is 15.7 Å². The van der Waals surface area contributed by atoms with Crippen molar-refractivity contribution in [2.24, 2.45) is 5.92 Å². The van der Waals surface area contributed by atoms with Crippen molar-refractivity contribution < 1.29 is 22.3 Å². The van der Waals surface area contributed by atoms with Crippen LogP contribution < -0.4 is 20.7 Å². The van der Waals surface area contributed by atoms with E-state index in [1.54, 1.807) is 19.1 Å². The number of amides is 1. The van der Waals surface area contributed by atoms with Gasteiger partial charge in [0.05, 0.1) is 22.4 Å². The van der Waals surface area contributed by atoms with Crippen LogP contribution in [0.4, 0.5) is 4.39 Å². The van der Waals surface area contributed by atoms with E-state index in [1.165, 1.54) is 24.3 Å². The Morgan fingerprint density at radius 3 is 2.62 bits per heavy atom. The van der Waals surface area contributed by atoms with Gasteiger partial charge in [0.15, 0.2) is 11.6 Å². The van der Waals surface area contributed by atoms with Crippen LogP contribution in [0.3, 0.4) is 0 Å². The number of piperidine rings is 1. The molecule has 3 N–H and O–H groups in total. The zero-order valence-corrected chi connectivity index (χ0v) is 18.8. The molecule has 3 unspecified atom stereocenters. The largest absolute Gasteiger partial charge is 0.491 e. The van der Waals surface area contributed by atoms with Crippen LogP contribution in [0, 0.1) is 11.7 Å². The van der Waals surface area contributed by atoms with E-state index in [1.807, 2.05) is 0 Å². The van der Waals surface area contributed by atoms with Crippen molar-refractivity contribution in [2.75, 3.05) is 19.7 Å². The lowest BCUT2D eigenvalue weighted by Crippen LogP contribution is -2.45. The van der Waals surface area contributed by atoms with E-state index in [4.69, 9.17) is 4.74 Å². The standard InChI is InChI=1S/C23H28FN3O4S/c1-2-31-22-8-7-18(12-19(22)24)32(29,30)17-5-3-15(4-6-17)13-26-23(28)21-11-16-14-25-10-9-20(16)27-21/h3-8,12,16,20-21,25,27H,2,9-11,13-14H2,1H3,(H,26,28). The number of fused-ring (bicyclic) bond motifs is 1. The summed E-state index contributed by atoms with van der Waals surface area (Å²) in [5.41, 5.74) is 0.784. The summed E-state index contributed by atoms with van der Waals surface area (Å²) < 4.78 is 44.9. The van der Waals surface area contributed by atoms with Crippen LogP contribution in [0.25, 0.3) is 0 Å². The molecule has 0 aliphatic carbocycles. The Morgan fingerprint density at radius 1 is 1.19 bits per heavy atom. The van der Waals surface area contributed by atoms with E-state index in [2.05, 4.69) is 16.0 Å². The zero-order valence-electron chi connectivity index (χ0n) is 17.9. The summed E-state index contributed by atoms with van der Waals surface area (Å²) in [6, 6.07) is 10.1. The van der Waals surface area contributed by atoms with Crippen LogP contribution >= 0.6 is 0 Å². The maximum absolute atomic E-state index is 14.1. The molecule has 1 amide bonds. The predicted octanol–water partition coefficient (Wildman–Crippen LogP) is 2.01. The van der Waals surface area contributed by atoms with Crippen molar-refractivity contribution in [3.05, 3.63) is 53.8 Å². The first kappa shape index (κ1) is 22.7. The molecule has 3 atom stereocenters. The van der Waals surface area contributed by atoms with Gasteiger partial charge in [0.2, 0.25) is 15.7 Å². The molecule has 2 aliphatic rings. The van der Waals surface area contributed by atoms with E-state index in [0.717, 1.165) is 37.6 Å². The number of ether oxygens (including phenoxy) is 1. The molecule has 2 heterocycles. The molecule has 2 fully saturated rings. The molecule has 2 aromatic rings. The third kappa shape index (κ3) is 4.79. The third-order valence-electron chi connectivity index (χ3n) is 6.09. The zero-order chi connectivity index (χ0) is 22.7. The Morgan fingerprint density at radius 2 is 1.94 bits per heavy atom. The smallest absolute Gasteiger partial charge is 0.237 e. The average molecular weight is 462 g/mol. The van der Waals surface area contributed by atoms with Gasteiger partial charge >= 0.3 is 0 Å². The van der Waals surface area contributed by atoms with Gasteiger partial charge in [0.1, 0.15) is 0 Å². The van der Waals surface area contributed by atoms with Gasteiger partial charge in [0.25, 0.3) is 0 Å². The van der Waals surface area contributed by atoms with Crippen LogP contribution in [0.2, 0.25) is 0 Å². The molecule has 2 aromatic carbocycles. The van der Waals surface area contributed by atoms with Gasteiger partial charge in [-0.15, -0.1) is 0 Å². The molecule has 172 valence electrons. The Hall–Kier alpha value is -2.49. The van der Waals surface area contributed by atoms with E-state index in [9.17, 15) is 17.6 Å². The minimum absolute atomic E-state index is 0.0183. The van der Waals surface area contributed by atoms with Crippen molar-refractivity contribution in [3.63, 3.8) is 0 Å². The quantitative estimate of drug-likeness (QED) is 0.584. The Labute approximate surface area is 187 Å². The maximum Gasteiger partial charge on any atom is 0.237 e. The van der Waals surface area contributed by atoms with Gasteiger partial charge in [-0.2, -0.15) is 0 Å². The average Bonchev–Trinajstić information content (AvgIpc) is 3.23. The van der Waals surface area contributed by atoms with Crippen molar-refractivity contribution >= 4 is 15.7 Å². The highest BCUT2D eigenvalue weighted by molar-refractivity contribution is 7.91. The van der Waals surface area contributed by atoms with Crippen molar-refractivity contribution in [3.8, 4) is 5.75 Å². The lowest BCUT2D eigenvalue weighted by molar-refractivity contribution is -0.123. The number of rotatable bonds is 7.